The van der Waals surface area contributed by atoms with Gasteiger partial charge in [0, 0.05) is 12.4 Å². The van der Waals surface area contributed by atoms with Crippen molar-refractivity contribution in [3.05, 3.63) is 93.7 Å². The fourth-order valence-corrected chi connectivity index (χ4v) is 2.60. The fraction of sp³-hybridized carbons (Fsp3) is 0.105. The van der Waals surface area contributed by atoms with E-state index in [2.05, 4.69) is 20.0 Å². The van der Waals surface area contributed by atoms with Crippen molar-refractivity contribution in [3.8, 4) is 5.75 Å². The number of hydrogen-bond donors (Lipinski definition) is 2. The summed E-state index contributed by atoms with van der Waals surface area (Å²) in [5.41, 5.74) is -0.899. The summed E-state index contributed by atoms with van der Waals surface area (Å²) in [7, 11) is 0. The second-order valence-corrected chi connectivity index (χ2v) is 5.63. The Morgan fingerprint density at radius 1 is 1.18 bits per heavy atom. The van der Waals surface area contributed by atoms with Gasteiger partial charge >= 0.3 is 0 Å². The molecule has 3 aromatic rings. The number of nitrogens with zero attached hydrogens (tertiary/aromatic N) is 1. The molecule has 0 aliphatic carbocycles. The lowest BCUT2D eigenvalue weighted by atomic mass is 10.0. The molecule has 0 aliphatic heterocycles. The first-order valence-corrected chi connectivity index (χ1v) is 8.08. The molecule has 144 valence electrons. The van der Waals surface area contributed by atoms with Crippen LogP contribution in [-0.4, -0.2) is 22.7 Å². The van der Waals surface area contributed by atoms with Gasteiger partial charge in [0.2, 0.25) is 6.86 Å². The van der Waals surface area contributed by atoms with Crippen molar-refractivity contribution in [1.29, 1.82) is 0 Å². The van der Waals surface area contributed by atoms with Crippen LogP contribution >= 0.6 is 0 Å². The molecule has 1 atom stereocenters. The number of aromatic nitrogens is 2. The van der Waals surface area contributed by atoms with Gasteiger partial charge in [-0.05, 0) is 42.0 Å². The molecule has 2 aromatic heterocycles. The number of benzene rings is 1. The topological polar surface area (TPSA) is 84.1 Å². The number of H-pyrrole nitrogens is 1. The minimum absolute atomic E-state index is 0.127. The fourth-order valence-electron chi connectivity index (χ4n) is 2.60. The molecule has 3 rings (SSSR count). The molecular weight excluding hydrogens is 375 g/mol. The van der Waals surface area contributed by atoms with Gasteiger partial charge in [0.05, 0.1) is 6.04 Å². The predicted octanol–water partition coefficient (Wildman–Crippen LogP) is 2.87. The van der Waals surface area contributed by atoms with E-state index < -0.39 is 36.0 Å². The lowest BCUT2D eigenvalue weighted by Crippen LogP contribution is -2.34. The van der Waals surface area contributed by atoms with E-state index in [0.29, 0.717) is 0 Å². The van der Waals surface area contributed by atoms with Crippen LogP contribution in [0.25, 0.3) is 0 Å². The zero-order chi connectivity index (χ0) is 20.1. The highest BCUT2D eigenvalue weighted by Gasteiger charge is 2.24. The van der Waals surface area contributed by atoms with Crippen LogP contribution in [0, 0.1) is 11.6 Å². The summed E-state index contributed by atoms with van der Waals surface area (Å²) in [4.78, 5) is 30.7. The van der Waals surface area contributed by atoms with Crippen molar-refractivity contribution in [2.24, 2.45) is 0 Å². The number of pyridine rings is 2. The Hall–Kier alpha value is -3.62. The van der Waals surface area contributed by atoms with Gasteiger partial charge in [-0.2, -0.15) is 0 Å². The summed E-state index contributed by atoms with van der Waals surface area (Å²) >= 11 is 0. The highest BCUT2D eigenvalue weighted by Crippen LogP contribution is 2.27. The molecule has 0 aliphatic rings. The smallest absolute Gasteiger partial charge is 0.260 e. The molecule has 2 N–H and O–H groups in total. The molecule has 0 radical (unpaired) electrons. The van der Waals surface area contributed by atoms with Gasteiger partial charge < -0.3 is 15.0 Å². The van der Waals surface area contributed by atoms with Crippen molar-refractivity contribution < 1.29 is 22.7 Å². The number of carbonyl (C=O) groups excluding carboxylic acids is 1. The molecule has 6 nitrogen and oxygen atoms in total. The first kappa shape index (κ1) is 19.2. The van der Waals surface area contributed by atoms with Crippen LogP contribution in [0.15, 0.2) is 59.7 Å². The summed E-state index contributed by atoms with van der Waals surface area (Å²) in [5.74, 6) is -2.78. The van der Waals surface area contributed by atoms with E-state index in [0.717, 1.165) is 18.2 Å². The van der Waals surface area contributed by atoms with Crippen LogP contribution in [0.1, 0.15) is 27.7 Å². The molecular formula is C19H14F3N3O3. The Balaban J connectivity index is 2.03. The molecule has 0 saturated heterocycles. The third-order valence-electron chi connectivity index (χ3n) is 3.90. The number of halogens is 3. The standard InChI is InChI=1S/C19H14F3N3O3/c20-10-28-15-6-5-11(9-14(15)22)16(17-13(21)4-2-7-23-17)25-19(27)12-3-1-8-24-18(12)26/h1-9,16H,10H2,(H,24,26)(H,25,27)/t16-/m0/s1. The van der Waals surface area contributed by atoms with Crippen LogP contribution in [0.3, 0.4) is 0 Å². The zero-order valence-corrected chi connectivity index (χ0v) is 14.3. The van der Waals surface area contributed by atoms with Gasteiger partial charge in [-0.15, -0.1) is 0 Å². The van der Waals surface area contributed by atoms with Gasteiger partial charge in [0.15, 0.2) is 11.6 Å². The molecule has 0 bridgehead atoms. The Bertz CT molecular complexity index is 1060. The van der Waals surface area contributed by atoms with Crippen LogP contribution < -0.4 is 15.6 Å². The lowest BCUT2D eigenvalue weighted by Gasteiger charge is -2.20. The summed E-state index contributed by atoms with van der Waals surface area (Å²) < 4.78 is 45.3. The average molecular weight is 389 g/mol. The normalized spacial score (nSPS) is 11.7. The molecule has 0 saturated carbocycles. The van der Waals surface area contributed by atoms with Gasteiger partial charge in [-0.25, -0.2) is 13.2 Å². The molecule has 0 unspecified atom stereocenters. The summed E-state index contributed by atoms with van der Waals surface area (Å²) in [6, 6.07) is 7.49. The van der Waals surface area contributed by atoms with Crippen molar-refractivity contribution in [3.63, 3.8) is 0 Å². The van der Waals surface area contributed by atoms with Crippen molar-refractivity contribution in [1.82, 2.24) is 15.3 Å². The van der Waals surface area contributed by atoms with Crippen LogP contribution in [0.4, 0.5) is 13.2 Å². The van der Waals surface area contributed by atoms with Gasteiger partial charge in [0.1, 0.15) is 17.1 Å². The van der Waals surface area contributed by atoms with Crippen LogP contribution in [0.2, 0.25) is 0 Å². The Morgan fingerprint density at radius 2 is 2.00 bits per heavy atom. The van der Waals surface area contributed by atoms with E-state index in [-0.39, 0.29) is 22.6 Å². The Labute approximate surface area is 157 Å². The van der Waals surface area contributed by atoms with E-state index in [1.807, 2.05) is 0 Å². The minimum atomic E-state index is -1.22. The first-order chi connectivity index (χ1) is 13.5. The van der Waals surface area contributed by atoms with Crippen LogP contribution in [0.5, 0.6) is 5.75 Å². The Kier molecular flexibility index (Phi) is 5.73. The average Bonchev–Trinajstić information content (AvgIpc) is 2.69. The first-order valence-electron chi connectivity index (χ1n) is 8.08. The highest BCUT2D eigenvalue weighted by atomic mass is 19.1. The maximum atomic E-state index is 14.3. The summed E-state index contributed by atoms with van der Waals surface area (Å²) in [6.07, 6.45) is 2.66. The molecule has 9 heteroatoms. The zero-order valence-electron chi connectivity index (χ0n) is 14.3. The number of alkyl halides is 1. The monoisotopic (exact) mass is 389 g/mol. The summed E-state index contributed by atoms with van der Waals surface area (Å²) in [5, 5.41) is 2.48. The SMILES string of the molecule is O=C(N[C@@H](c1ccc(OCF)c(F)c1)c1ncccc1F)c1ccc[nH]c1=O. The van der Waals surface area contributed by atoms with E-state index in [1.54, 1.807) is 0 Å². The van der Waals surface area contributed by atoms with Gasteiger partial charge in [-0.3, -0.25) is 14.6 Å². The van der Waals surface area contributed by atoms with Crippen LogP contribution in [-0.2, 0) is 0 Å². The Morgan fingerprint density at radius 3 is 2.68 bits per heavy atom. The maximum Gasteiger partial charge on any atom is 0.260 e. The maximum absolute atomic E-state index is 14.3. The molecule has 0 spiro atoms. The summed E-state index contributed by atoms with van der Waals surface area (Å²) in [6.45, 7) is -1.22. The number of ether oxygens (including phenoxy) is 1. The number of hydrogen-bond acceptors (Lipinski definition) is 4. The minimum Gasteiger partial charge on any atom is -0.460 e. The van der Waals surface area contributed by atoms with E-state index in [9.17, 15) is 22.8 Å². The van der Waals surface area contributed by atoms with E-state index >= 15 is 0 Å². The van der Waals surface area contributed by atoms with Gasteiger partial charge in [-0.1, -0.05) is 6.07 Å². The van der Waals surface area contributed by atoms with Crippen molar-refractivity contribution in [2.75, 3.05) is 6.86 Å². The molecule has 1 amide bonds. The third kappa shape index (κ3) is 4.03. The molecule has 2 heterocycles. The molecule has 28 heavy (non-hydrogen) atoms. The second kappa shape index (κ2) is 8.38. The van der Waals surface area contributed by atoms with Crippen molar-refractivity contribution in [2.45, 2.75) is 6.04 Å². The number of aromatic amines is 1. The van der Waals surface area contributed by atoms with E-state index in [4.69, 9.17) is 0 Å². The number of nitrogens with one attached hydrogen (secondary N) is 2. The quantitative estimate of drug-likeness (QED) is 0.679. The van der Waals surface area contributed by atoms with E-state index in [1.165, 1.54) is 36.7 Å². The van der Waals surface area contributed by atoms with Gasteiger partial charge in [0.25, 0.3) is 11.5 Å². The molecule has 0 fully saturated rings. The molecule has 1 aromatic carbocycles. The number of rotatable bonds is 6. The largest absolute Gasteiger partial charge is 0.460 e. The lowest BCUT2D eigenvalue weighted by molar-refractivity contribution is 0.0940. The predicted molar refractivity (Wildman–Crippen MR) is 93.6 cm³/mol. The second-order valence-electron chi connectivity index (χ2n) is 5.63. The third-order valence-corrected chi connectivity index (χ3v) is 3.90. The highest BCUT2D eigenvalue weighted by molar-refractivity contribution is 5.94. The number of amides is 1. The number of carbonyl (C=O) groups is 1. The van der Waals surface area contributed by atoms with Crippen molar-refractivity contribution >= 4 is 5.91 Å².